The van der Waals surface area contributed by atoms with Crippen LogP contribution in [0.2, 0.25) is 0 Å². The van der Waals surface area contributed by atoms with Crippen LogP contribution in [0, 0.1) is 5.41 Å². The zero-order valence-electron chi connectivity index (χ0n) is 15.8. The molecule has 0 aromatic heterocycles. The minimum absolute atomic E-state index is 0. The van der Waals surface area contributed by atoms with E-state index in [0.29, 0.717) is 19.8 Å². The number of ether oxygens (including phenoxy) is 2. The summed E-state index contributed by atoms with van der Waals surface area (Å²) in [5, 5.41) is 16.1. The summed E-state index contributed by atoms with van der Waals surface area (Å²) in [4.78, 5) is 4.71. The number of hydrogen-bond acceptors (Lipinski definition) is 4. The Hall–Kier alpha value is -0.900. The largest absolute Gasteiger partial charge is 0.396 e. The highest BCUT2D eigenvalue weighted by Crippen LogP contribution is 2.31. The maximum Gasteiger partial charge on any atom is 0.191 e. The quantitative estimate of drug-likeness (QED) is 0.289. The lowest BCUT2D eigenvalue weighted by Gasteiger charge is -2.27. The molecule has 6 nitrogen and oxygen atoms in total. The lowest BCUT2D eigenvalue weighted by atomic mass is 9.84. The molecule has 2 rings (SSSR count). The van der Waals surface area contributed by atoms with Gasteiger partial charge in [0.15, 0.2) is 5.96 Å². The molecule has 1 aromatic carbocycles. The number of hydrogen-bond donors (Lipinski definition) is 3. The molecule has 0 spiro atoms. The molecule has 1 unspecified atom stereocenters. The summed E-state index contributed by atoms with van der Waals surface area (Å²) in [5.74, 6) is 0.791. The average Bonchev–Trinajstić information content (AvgIpc) is 3.08. The molecule has 26 heavy (non-hydrogen) atoms. The Morgan fingerprint density at radius 2 is 2.08 bits per heavy atom. The van der Waals surface area contributed by atoms with E-state index in [2.05, 4.69) is 29.7 Å². The number of rotatable bonds is 9. The monoisotopic (exact) mass is 477 g/mol. The second kappa shape index (κ2) is 12.5. The van der Waals surface area contributed by atoms with E-state index in [4.69, 9.17) is 14.5 Å². The van der Waals surface area contributed by atoms with Gasteiger partial charge in [0.1, 0.15) is 0 Å². The van der Waals surface area contributed by atoms with Crippen LogP contribution in [-0.2, 0) is 22.6 Å². The van der Waals surface area contributed by atoms with Gasteiger partial charge in [0.25, 0.3) is 0 Å². The Labute approximate surface area is 173 Å². The molecule has 1 atom stereocenters. The molecule has 3 N–H and O–H groups in total. The van der Waals surface area contributed by atoms with Crippen molar-refractivity contribution in [1.82, 2.24) is 10.6 Å². The zero-order chi connectivity index (χ0) is 18.0. The van der Waals surface area contributed by atoms with Gasteiger partial charge in [0.2, 0.25) is 0 Å². The summed E-state index contributed by atoms with van der Waals surface area (Å²) in [6.07, 6.45) is 1.71. The topological polar surface area (TPSA) is 75.1 Å². The average molecular weight is 477 g/mol. The van der Waals surface area contributed by atoms with E-state index < -0.39 is 0 Å². The van der Waals surface area contributed by atoms with Gasteiger partial charge in [0.05, 0.1) is 19.8 Å². The molecule has 1 saturated heterocycles. The maximum atomic E-state index is 9.35. The van der Waals surface area contributed by atoms with Crippen LogP contribution >= 0.6 is 24.0 Å². The molecule has 1 aliphatic heterocycles. The lowest BCUT2D eigenvalue weighted by molar-refractivity contribution is 0.127. The SMILES string of the molecule is CCNC(=NCc1ccccc1COC)NCC1(CCO)CCOC1.I. The summed E-state index contributed by atoms with van der Waals surface area (Å²) in [6, 6.07) is 8.19. The fourth-order valence-electron chi connectivity index (χ4n) is 3.10. The third-order valence-electron chi connectivity index (χ3n) is 4.63. The Bertz CT molecular complexity index is 549. The summed E-state index contributed by atoms with van der Waals surface area (Å²) in [5.41, 5.74) is 2.32. The van der Waals surface area contributed by atoms with Crippen molar-refractivity contribution in [3.63, 3.8) is 0 Å². The van der Waals surface area contributed by atoms with Gasteiger partial charge in [-0.1, -0.05) is 24.3 Å². The predicted octanol–water partition coefficient (Wildman–Crippen LogP) is 2.30. The molecule has 1 fully saturated rings. The number of guanidine groups is 1. The Morgan fingerprint density at radius 3 is 2.69 bits per heavy atom. The van der Waals surface area contributed by atoms with Gasteiger partial charge in [-0.15, -0.1) is 24.0 Å². The normalized spacial score (nSPS) is 19.9. The van der Waals surface area contributed by atoms with Gasteiger partial charge in [0, 0.05) is 38.8 Å². The van der Waals surface area contributed by atoms with Crippen molar-refractivity contribution in [2.75, 3.05) is 40.0 Å². The third-order valence-corrected chi connectivity index (χ3v) is 4.63. The predicted molar refractivity (Wildman–Crippen MR) is 115 cm³/mol. The highest BCUT2D eigenvalue weighted by molar-refractivity contribution is 14.0. The number of nitrogens with one attached hydrogen (secondary N) is 2. The fourth-order valence-corrected chi connectivity index (χ4v) is 3.10. The van der Waals surface area contributed by atoms with E-state index in [1.54, 1.807) is 7.11 Å². The number of benzene rings is 1. The van der Waals surface area contributed by atoms with Crippen LogP contribution in [0.15, 0.2) is 29.3 Å². The highest BCUT2D eigenvalue weighted by Gasteiger charge is 2.34. The smallest absolute Gasteiger partial charge is 0.191 e. The van der Waals surface area contributed by atoms with Crippen molar-refractivity contribution < 1.29 is 14.6 Å². The standard InChI is InChI=1S/C19H31N3O3.HI/c1-3-20-18(22-14-19(8-10-23)9-11-25-15-19)21-12-16-6-4-5-7-17(16)13-24-2;/h4-7,23H,3,8-15H2,1-2H3,(H2,20,21,22);1H. The first-order chi connectivity index (χ1) is 12.2. The summed E-state index contributed by atoms with van der Waals surface area (Å²) in [6.45, 7) is 6.43. The van der Waals surface area contributed by atoms with Gasteiger partial charge in [-0.2, -0.15) is 0 Å². The van der Waals surface area contributed by atoms with Crippen molar-refractivity contribution in [2.24, 2.45) is 10.4 Å². The minimum Gasteiger partial charge on any atom is -0.396 e. The molecule has 0 bridgehead atoms. The number of nitrogens with zero attached hydrogens (tertiary/aromatic N) is 1. The minimum atomic E-state index is -0.00109. The molecule has 0 aliphatic carbocycles. The summed E-state index contributed by atoms with van der Waals surface area (Å²) < 4.78 is 10.8. The van der Waals surface area contributed by atoms with Crippen LogP contribution in [0.25, 0.3) is 0 Å². The van der Waals surface area contributed by atoms with Crippen LogP contribution in [0.5, 0.6) is 0 Å². The van der Waals surface area contributed by atoms with E-state index in [1.165, 1.54) is 0 Å². The van der Waals surface area contributed by atoms with Crippen LogP contribution < -0.4 is 10.6 Å². The molecule has 1 aliphatic rings. The maximum absolute atomic E-state index is 9.35. The van der Waals surface area contributed by atoms with E-state index >= 15 is 0 Å². The Morgan fingerprint density at radius 1 is 1.31 bits per heavy atom. The Balaban J connectivity index is 0.00000338. The molecule has 7 heteroatoms. The number of methoxy groups -OCH3 is 1. The van der Waals surface area contributed by atoms with Crippen molar-refractivity contribution in [3.05, 3.63) is 35.4 Å². The van der Waals surface area contributed by atoms with Gasteiger partial charge in [-0.25, -0.2) is 4.99 Å². The highest BCUT2D eigenvalue weighted by atomic mass is 127. The van der Waals surface area contributed by atoms with E-state index in [-0.39, 0.29) is 36.0 Å². The van der Waals surface area contributed by atoms with Crippen LogP contribution in [0.4, 0.5) is 0 Å². The van der Waals surface area contributed by atoms with Crippen LogP contribution in [0.3, 0.4) is 0 Å². The van der Waals surface area contributed by atoms with Gasteiger partial charge in [-0.05, 0) is 30.9 Å². The molecular formula is C19H32IN3O3. The van der Waals surface area contributed by atoms with Crippen molar-refractivity contribution in [3.8, 4) is 0 Å². The van der Waals surface area contributed by atoms with E-state index in [1.807, 2.05) is 12.1 Å². The molecule has 1 heterocycles. The van der Waals surface area contributed by atoms with Gasteiger partial charge < -0.3 is 25.2 Å². The molecule has 0 radical (unpaired) electrons. The first-order valence-electron chi connectivity index (χ1n) is 8.99. The molecular weight excluding hydrogens is 445 g/mol. The summed E-state index contributed by atoms with van der Waals surface area (Å²) in [7, 11) is 1.70. The van der Waals surface area contributed by atoms with Crippen LogP contribution in [0.1, 0.15) is 30.9 Å². The molecule has 0 amide bonds. The molecule has 0 saturated carbocycles. The second-order valence-electron chi connectivity index (χ2n) is 6.53. The number of halogens is 1. The number of aliphatic imine (C=N–C) groups is 1. The fraction of sp³-hybridized carbons (Fsp3) is 0.632. The summed E-state index contributed by atoms with van der Waals surface area (Å²) >= 11 is 0. The van der Waals surface area contributed by atoms with Crippen molar-refractivity contribution >= 4 is 29.9 Å². The van der Waals surface area contributed by atoms with Crippen molar-refractivity contribution in [2.45, 2.75) is 32.9 Å². The van der Waals surface area contributed by atoms with E-state index in [0.717, 1.165) is 49.6 Å². The molecule has 1 aromatic rings. The third kappa shape index (κ3) is 7.02. The Kier molecular flexibility index (Phi) is 11.1. The number of aliphatic hydroxyl groups excluding tert-OH is 1. The molecule has 148 valence electrons. The first-order valence-corrected chi connectivity index (χ1v) is 8.99. The van der Waals surface area contributed by atoms with Gasteiger partial charge in [-0.3, -0.25) is 0 Å². The van der Waals surface area contributed by atoms with Crippen LogP contribution in [-0.4, -0.2) is 51.1 Å². The first kappa shape index (κ1) is 23.1. The zero-order valence-corrected chi connectivity index (χ0v) is 18.1. The second-order valence-corrected chi connectivity index (χ2v) is 6.53. The van der Waals surface area contributed by atoms with E-state index in [9.17, 15) is 5.11 Å². The van der Waals surface area contributed by atoms with Gasteiger partial charge >= 0.3 is 0 Å². The van der Waals surface area contributed by atoms with Crippen molar-refractivity contribution in [1.29, 1.82) is 0 Å². The lowest BCUT2D eigenvalue weighted by Crippen LogP contribution is -2.44. The number of aliphatic hydroxyl groups is 1.